The molecule has 1 fully saturated rings. The second kappa shape index (κ2) is 10.1. The molecule has 1 aliphatic rings. The summed E-state index contributed by atoms with van der Waals surface area (Å²) in [5.41, 5.74) is 9.13. The Labute approximate surface area is 185 Å². The predicted molar refractivity (Wildman–Crippen MR) is 124 cm³/mol. The number of nitrogens with zero attached hydrogens (tertiary/aromatic N) is 1. The Balaban J connectivity index is 0.00000320. The molecule has 3 rings (SSSR count). The van der Waals surface area contributed by atoms with Crippen LogP contribution in [-0.4, -0.2) is 35.8 Å². The monoisotopic (exact) mass is 429 g/mol. The van der Waals surface area contributed by atoms with E-state index >= 15 is 0 Å². The average Bonchev–Trinajstić information content (AvgIpc) is 3.04. The highest BCUT2D eigenvalue weighted by atomic mass is 35.5. The number of carbonyl (C=O) groups is 2. The van der Waals surface area contributed by atoms with Crippen LogP contribution >= 0.6 is 12.4 Å². The van der Waals surface area contributed by atoms with Crippen molar-refractivity contribution in [2.24, 2.45) is 11.1 Å². The van der Waals surface area contributed by atoms with Crippen LogP contribution in [0.25, 0.3) is 0 Å². The second-order valence-electron chi connectivity index (χ2n) is 9.14. The van der Waals surface area contributed by atoms with Crippen LogP contribution in [0.2, 0.25) is 0 Å². The highest BCUT2D eigenvalue weighted by molar-refractivity contribution is 5.91. The Hall–Kier alpha value is -2.37. The lowest BCUT2D eigenvalue weighted by molar-refractivity contribution is -0.129. The third-order valence-electron chi connectivity index (χ3n) is 5.23. The minimum absolute atomic E-state index is 0. The smallest absolute Gasteiger partial charge is 0.227 e. The van der Waals surface area contributed by atoms with Crippen molar-refractivity contribution < 1.29 is 9.59 Å². The molecule has 0 aliphatic carbocycles. The maximum Gasteiger partial charge on any atom is 0.227 e. The van der Waals surface area contributed by atoms with Gasteiger partial charge in [-0.05, 0) is 28.7 Å². The van der Waals surface area contributed by atoms with Crippen LogP contribution in [0.3, 0.4) is 0 Å². The minimum atomic E-state index is -0.0510. The summed E-state index contributed by atoms with van der Waals surface area (Å²) in [6, 6.07) is 17.6. The zero-order valence-corrected chi connectivity index (χ0v) is 18.7. The maximum absolute atomic E-state index is 12.8. The molecular weight excluding hydrogens is 398 g/mol. The Morgan fingerprint density at radius 3 is 2.27 bits per heavy atom. The van der Waals surface area contributed by atoms with Crippen LogP contribution in [-0.2, 0) is 16.0 Å². The lowest BCUT2D eigenvalue weighted by Gasteiger charge is -2.18. The first-order chi connectivity index (χ1) is 13.7. The molecule has 0 radical (unpaired) electrons. The number of benzene rings is 2. The number of nitrogens with one attached hydrogen (secondary N) is 1. The molecule has 1 saturated heterocycles. The topological polar surface area (TPSA) is 75.4 Å². The van der Waals surface area contributed by atoms with Gasteiger partial charge in [0.1, 0.15) is 0 Å². The van der Waals surface area contributed by atoms with Gasteiger partial charge in [-0.1, -0.05) is 63.2 Å². The van der Waals surface area contributed by atoms with E-state index in [2.05, 4.69) is 17.4 Å². The summed E-state index contributed by atoms with van der Waals surface area (Å²) in [7, 11) is 0. The molecule has 0 spiro atoms. The van der Waals surface area contributed by atoms with E-state index in [1.54, 1.807) is 0 Å². The number of halogens is 1. The number of likely N-dealkylation sites (tertiary alicyclic amines) is 1. The zero-order valence-electron chi connectivity index (χ0n) is 17.9. The molecule has 1 heterocycles. The first kappa shape index (κ1) is 23.9. The summed E-state index contributed by atoms with van der Waals surface area (Å²) < 4.78 is 0. The molecule has 0 bridgehead atoms. The molecule has 30 heavy (non-hydrogen) atoms. The summed E-state index contributed by atoms with van der Waals surface area (Å²) in [5.74, 6) is 0.267. The molecule has 0 saturated carbocycles. The van der Waals surface area contributed by atoms with Crippen LogP contribution in [0.5, 0.6) is 0 Å². The maximum atomic E-state index is 12.8. The molecule has 2 aromatic rings. The molecule has 162 valence electrons. The summed E-state index contributed by atoms with van der Waals surface area (Å²) in [5, 5.41) is 2.91. The third kappa shape index (κ3) is 6.57. The summed E-state index contributed by atoms with van der Waals surface area (Å²) in [6.45, 7) is 7.35. The van der Waals surface area contributed by atoms with E-state index in [1.807, 2.05) is 68.1 Å². The average molecular weight is 430 g/mol. The van der Waals surface area contributed by atoms with Gasteiger partial charge in [-0.2, -0.15) is 0 Å². The van der Waals surface area contributed by atoms with Crippen molar-refractivity contribution in [3.8, 4) is 0 Å². The van der Waals surface area contributed by atoms with Crippen LogP contribution in [0, 0.1) is 5.41 Å². The van der Waals surface area contributed by atoms with Crippen molar-refractivity contribution in [3.05, 3.63) is 65.7 Å². The first-order valence-corrected chi connectivity index (χ1v) is 10.2. The van der Waals surface area contributed by atoms with E-state index in [9.17, 15) is 9.59 Å². The van der Waals surface area contributed by atoms with Gasteiger partial charge in [-0.15, -0.1) is 12.4 Å². The largest absolute Gasteiger partial charge is 0.340 e. The lowest BCUT2D eigenvalue weighted by Crippen LogP contribution is -2.33. The van der Waals surface area contributed by atoms with Gasteiger partial charge in [-0.25, -0.2) is 0 Å². The number of amides is 2. The molecule has 1 aliphatic heterocycles. The van der Waals surface area contributed by atoms with Gasteiger partial charge in [0.05, 0.1) is 6.42 Å². The summed E-state index contributed by atoms with van der Waals surface area (Å²) >= 11 is 0. The highest BCUT2D eigenvalue weighted by Crippen LogP contribution is 2.27. The van der Waals surface area contributed by atoms with Crippen molar-refractivity contribution in [2.45, 2.75) is 45.6 Å². The quantitative estimate of drug-likeness (QED) is 0.754. The second-order valence-corrected chi connectivity index (χ2v) is 9.14. The van der Waals surface area contributed by atoms with Gasteiger partial charge in [0.25, 0.3) is 0 Å². The molecule has 2 amide bonds. The number of nitrogens with two attached hydrogens (primary N) is 1. The lowest BCUT2D eigenvalue weighted by atomic mass is 9.92. The Bertz CT molecular complexity index is 847. The Morgan fingerprint density at radius 2 is 1.67 bits per heavy atom. The number of rotatable bonds is 5. The molecule has 0 aromatic heterocycles. The fourth-order valence-electron chi connectivity index (χ4n) is 3.76. The SMILES string of the molecule is CC(C)(C)CC(=O)Nc1ccc(CC(=O)N2C[C@@H](N)[C@H](c3ccccc3)C2)cc1.Cl. The van der Waals surface area contributed by atoms with Crippen LogP contribution in [0.1, 0.15) is 44.2 Å². The standard InChI is InChI=1S/C24H31N3O2.ClH/c1-24(2,3)14-22(28)26-19-11-9-17(10-12-19)13-23(29)27-15-20(21(25)16-27)18-7-5-4-6-8-18;/h4-12,20-21H,13-16,25H2,1-3H3,(H,26,28);1H/t20-,21+;/m0./s1. The van der Waals surface area contributed by atoms with E-state index in [1.165, 1.54) is 5.56 Å². The molecule has 5 nitrogen and oxygen atoms in total. The van der Waals surface area contributed by atoms with E-state index in [4.69, 9.17) is 5.73 Å². The summed E-state index contributed by atoms with van der Waals surface area (Å²) in [4.78, 5) is 26.7. The molecule has 6 heteroatoms. The van der Waals surface area contributed by atoms with Gasteiger partial charge >= 0.3 is 0 Å². The number of carbonyl (C=O) groups excluding carboxylic acids is 2. The van der Waals surface area contributed by atoms with Gasteiger partial charge in [-0.3, -0.25) is 9.59 Å². The van der Waals surface area contributed by atoms with Gasteiger partial charge in [0.15, 0.2) is 0 Å². The minimum Gasteiger partial charge on any atom is -0.340 e. The van der Waals surface area contributed by atoms with E-state index in [-0.39, 0.29) is 41.6 Å². The normalized spacial score (nSPS) is 18.6. The van der Waals surface area contributed by atoms with Crippen molar-refractivity contribution in [1.29, 1.82) is 0 Å². The van der Waals surface area contributed by atoms with Gasteiger partial charge < -0.3 is 16.0 Å². The van der Waals surface area contributed by atoms with Crippen LogP contribution in [0.15, 0.2) is 54.6 Å². The Morgan fingerprint density at radius 1 is 1.03 bits per heavy atom. The third-order valence-corrected chi connectivity index (χ3v) is 5.23. The van der Waals surface area contributed by atoms with E-state index < -0.39 is 0 Å². The fourth-order valence-corrected chi connectivity index (χ4v) is 3.76. The summed E-state index contributed by atoms with van der Waals surface area (Å²) in [6.07, 6.45) is 0.801. The molecule has 2 atom stereocenters. The number of hydrogen-bond donors (Lipinski definition) is 2. The molecule has 0 unspecified atom stereocenters. The van der Waals surface area contributed by atoms with Crippen LogP contribution in [0.4, 0.5) is 5.69 Å². The molecular formula is C24H32ClN3O2. The van der Waals surface area contributed by atoms with E-state index in [0.29, 0.717) is 25.9 Å². The van der Waals surface area contributed by atoms with E-state index in [0.717, 1.165) is 11.3 Å². The number of anilines is 1. The first-order valence-electron chi connectivity index (χ1n) is 10.2. The molecule has 3 N–H and O–H groups in total. The zero-order chi connectivity index (χ0) is 21.0. The van der Waals surface area contributed by atoms with Crippen molar-refractivity contribution in [1.82, 2.24) is 4.90 Å². The Kier molecular flexibility index (Phi) is 8.04. The van der Waals surface area contributed by atoms with Gasteiger partial charge in [0.2, 0.25) is 11.8 Å². The highest BCUT2D eigenvalue weighted by Gasteiger charge is 2.33. The number of hydrogen-bond acceptors (Lipinski definition) is 3. The predicted octanol–water partition coefficient (Wildman–Crippen LogP) is 3.98. The van der Waals surface area contributed by atoms with Crippen molar-refractivity contribution in [2.75, 3.05) is 18.4 Å². The van der Waals surface area contributed by atoms with Crippen molar-refractivity contribution >= 4 is 29.9 Å². The van der Waals surface area contributed by atoms with Crippen LogP contribution < -0.4 is 11.1 Å². The fraction of sp³-hybridized carbons (Fsp3) is 0.417. The molecule has 2 aromatic carbocycles. The van der Waals surface area contributed by atoms with Gasteiger partial charge in [0, 0.05) is 37.2 Å². The van der Waals surface area contributed by atoms with Crippen molar-refractivity contribution in [3.63, 3.8) is 0 Å².